The maximum atomic E-state index is 12.5. The zero-order valence-corrected chi connectivity index (χ0v) is 17.5. The molecule has 168 valence electrons. The number of esters is 1. The lowest BCUT2D eigenvalue weighted by Crippen LogP contribution is -2.30. The topological polar surface area (TPSA) is 90.7 Å². The molecule has 0 radical (unpaired) electrons. The van der Waals surface area contributed by atoms with Crippen LogP contribution in [0.4, 0.5) is 14.5 Å². The number of hydrogen-bond donors (Lipinski definition) is 1. The fourth-order valence-electron chi connectivity index (χ4n) is 2.80. The summed E-state index contributed by atoms with van der Waals surface area (Å²) in [5.41, 5.74) is 2.04. The van der Waals surface area contributed by atoms with Gasteiger partial charge in [0.25, 0.3) is 5.91 Å². The highest BCUT2D eigenvalue weighted by molar-refractivity contribution is 5.96. The van der Waals surface area contributed by atoms with Gasteiger partial charge in [0.15, 0.2) is 17.8 Å². The number of alkyl halides is 2. The Kier molecular flexibility index (Phi) is 7.54. The second-order valence-corrected chi connectivity index (χ2v) is 6.98. The van der Waals surface area contributed by atoms with E-state index >= 15 is 0 Å². The van der Waals surface area contributed by atoms with Crippen molar-refractivity contribution in [3.05, 3.63) is 66.2 Å². The van der Waals surface area contributed by atoms with Crippen molar-refractivity contribution in [3.8, 4) is 17.1 Å². The third-order valence-electron chi connectivity index (χ3n) is 4.47. The van der Waals surface area contributed by atoms with Gasteiger partial charge in [0.1, 0.15) is 5.75 Å². The zero-order chi connectivity index (χ0) is 23.1. The number of para-hydroxylation sites is 2. The van der Waals surface area contributed by atoms with Crippen LogP contribution in [0, 0.1) is 6.92 Å². The number of oxazole rings is 1. The lowest BCUT2D eigenvalue weighted by molar-refractivity contribution is -0.153. The average Bonchev–Trinajstić information content (AvgIpc) is 3.23. The van der Waals surface area contributed by atoms with Crippen molar-refractivity contribution in [2.75, 3.05) is 5.32 Å². The molecule has 3 aromatic rings. The van der Waals surface area contributed by atoms with Crippen LogP contribution in [0.2, 0.25) is 0 Å². The van der Waals surface area contributed by atoms with Gasteiger partial charge in [-0.15, -0.1) is 0 Å². The molecule has 1 N–H and O–H groups in total. The molecular weight excluding hydrogens is 422 g/mol. The summed E-state index contributed by atoms with van der Waals surface area (Å²) in [4.78, 5) is 28.6. The van der Waals surface area contributed by atoms with Crippen molar-refractivity contribution in [1.29, 1.82) is 0 Å². The first-order valence-electron chi connectivity index (χ1n) is 9.87. The van der Waals surface area contributed by atoms with Gasteiger partial charge < -0.3 is 19.2 Å². The van der Waals surface area contributed by atoms with Crippen LogP contribution in [0.5, 0.6) is 5.75 Å². The van der Waals surface area contributed by atoms with E-state index in [1.165, 1.54) is 25.1 Å². The Labute approximate surface area is 183 Å². The summed E-state index contributed by atoms with van der Waals surface area (Å²) in [6.45, 7) is 0.327. The van der Waals surface area contributed by atoms with Crippen molar-refractivity contribution >= 4 is 17.6 Å². The molecule has 1 aromatic heterocycles. The van der Waals surface area contributed by atoms with Crippen LogP contribution in [0.1, 0.15) is 24.8 Å². The average molecular weight is 444 g/mol. The molecule has 0 saturated carbocycles. The van der Waals surface area contributed by atoms with E-state index in [-0.39, 0.29) is 24.3 Å². The van der Waals surface area contributed by atoms with Gasteiger partial charge >= 0.3 is 12.6 Å². The van der Waals surface area contributed by atoms with Crippen molar-refractivity contribution in [3.63, 3.8) is 0 Å². The molecule has 2 aromatic carbocycles. The number of benzene rings is 2. The van der Waals surface area contributed by atoms with E-state index in [9.17, 15) is 18.4 Å². The normalized spacial score (nSPS) is 11.8. The first kappa shape index (κ1) is 22.9. The Balaban J connectivity index is 1.50. The minimum absolute atomic E-state index is 0.0451. The quantitative estimate of drug-likeness (QED) is 0.479. The number of nitrogens with one attached hydrogen (secondary N) is 1. The van der Waals surface area contributed by atoms with E-state index in [1.54, 1.807) is 12.3 Å². The molecule has 0 saturated heterocycles. The Morgan fingerprint density at radius 2 is 1.84 bits per heavy atom. The van der Waals surface area contributed by atoms with Crippen LogP contribution in [-0.2, 0) is 20.7 Å². The Bertz CT molecular complexity index is 1070. The molecule has 1 amide bonds. The van der Waals surface area contributed by atoms with Gasteiger partial charge in [0, 0.05) is 12.0 Å². The minimum Gasteiger partial charge on any atom is -0.453 e. The zero-order valence-electron chi connectivity index (χ0n) is 17.5. The number of rotatable bonds is 9. The van der Waals surface area contributed by atoms with Crippen LogP contribution < -0.4 is 10.1 Å². The fourth-order valence-corrected chi connectivity index (χ4v) is 2.80. The summed E-state index contributed by atoms with van der Waals surface area (Å²) in [7, 11) is 0. The molecule has 1 unspecified atom stereocenters. The number of carbonyl (C=O) groups is 2. The Morgan fingerprint density at radius 1 is 1.12 bits per heavy atom. The van der Waals surface area contributed by atoms with E-state index < -0.39 is 24.6 Å². The summed E-state index contributed by atoms with van der Waals surface area (Å²) in [5, 5.41) is 2.41. The van der Waals surface area contributed by atoms with E-state index in [0.29, 0.717) is 11.7 Å². The summed E-state index contributed by atoms with van der Waals surface area (Å²) in [5.74, 6) is -0.539. The van der Waals surface area contributed by atoms with Crippen molar-refractivity contribution in [2.24, 2.45) is 0 Å². The maximum Gasteiger partial charge on any atom is 0.387 e. The largest absolute Gasteiger partial charge is 0.453 e. The molecule has 7 nitrogen and oxygen atoms in total. The third-order valence-corrected chi connectivity index (χ3v) is 4.47. The summed E-state index contributed by atoms with van der Waals surface area (Å²) in [6.07, 6.45) is 0.593. The lowest BCUT2D eigenvalue weighted by Gasteiger charge is -2.15. The minimum atomic E-state index is -3.04. The molecule has 9 heteroatoms. The van der Waals surface area contributed by atoms with Crippen LogP contribution >= 0.6 is 0 Å². The fraction of sp³-hybridized carbons (Fsp3) is 0.261. The highest BCUT2D eigenvalue weighted by atomic mass is 19.3. The third kappa shape index (κ3) is 6.37. The van der Waals surface area contributed by atoms with Gasteiger partial charge in [-0.25, -0.2) is 4.98 Å². The number of amides is 1. The lowest BCUT2D eigenvalue weighted by atomic mass is 10.1. The first-order valence-corrected chi connectivity index (χ1v) is 9.87. The number of carbonyl (C=O) groups excluding carboxylic acids is 2. The van der Waals surface area contributed by atoms with Crippen LogP contribution in [-0.4, -0.2) is 29.6 Å². The van der Waals surface area contributed by atoms with E-state index in [4.69, 9.17) is 9.15 Å². The standard InChI is InChI=1S/C23H22F2N2O5/c1-14-7-9-16(10-8-14)19-13-26-20(31-19)11-12-21(28)30-15(2)22(29)27-17-5-3-4-6-18(17)32-23(24)25/h3-10,13,15,23H,11-12H2,1-2H3,(H,27,29). The number of ether oxygens (including phenoxy) is 2. The van der Waals surface area contributed by atoms with Gasteiger partial charge in [-0.05, 0) is 26.0 Å². The number of anilines is 1. The van der Waals surface area contributed by atoms with Crippen molar-refractivity contribution in [1.82, 2.24) is 4.98 Å². The molecular formula is C23H22F2N2O5. The predicted octanol–water partition coefficient (Wildman–Crippen LogP) is 4.75. The second-order valence-electron chi connectivity index (χ2n) is 6.98. The molecule has 0 spiro atoms. The summed E-state index contributed by atoms with van der Waals surface area (Å²) in [6, 6.07) is 13.5. The Hall–Kier alpha value is -3.75. The molecule has 1 heterocycles. The van der Waals surface area contributed by atoms with Gasteiger partial charge in [-0.2, -0.15) is 8.78 Å². The number of hydrogen-bond acceptors (Lipinski definition) is 6. The highest BCUT2D eigenvalue weighted by Crippen LogP contribution is 2.26. The van der Waals surface area contributed by atoms with Crippen LogP contribution in [0.15, 0.2) is 59.1 Å². The van der Waals surface area contributed by atoms with E-state index in [2.05, 4.69) is 15.0 Å². The first-order chi connectivity index (χ1) is 15.3. The Morgan fingerprint density at radius 3 is 2.56 bits per heavy atom. The summed E-state index contributed by atoms with van der Waals surface area (Å²) < 4.78 is 40.1. The molecule has 32 heavy (non-hydrogen) atoms. The number of nitrogens with zero attached hydrogens (tertiary/aromatic N) is 1. The van der Waals surface area contributed by atoms with Crippen molar-refractivity contribution < 1.29 is 32.3 Å². The number of halogens is 2. The number of aromatic nitrogens is 1. The second kappa shape index (κ2) is 10.5. The SMILES string of the molecule is Cc1ccc(-c2cnc(CCC(=O)OC(C)C(=O)Nc3ccccc3OC(F)F)o2)cc1. The molecule has 0 aliphatic rings. The van der Waals surface area contributed by atoms with Gasteiger partial charge in [-0.1, -0.05) is 42.0 Å². The molecule has 1 atom stereocenters. The maximum absolute atomic E-state index is 12.5. The van der Waals surface area contributed by atoms with E-state index in [1.807, 2.05) is 31.2 Å². The molecule has 0 bridgehead atoms. The van der Waals surface area contributed by atoms with Crippen LogP contribution in [0.25, 0.3) is 11.3 Å². The monoisotopic (exact) mass is 444 g/mol. The predicted molar refractivity (Wildman–Crippen MR) is 112 cm³/mol. The smallest absolute Gasteiger partial charge is 0.387 e. The summed E-state index contributed by atoms with van der Waals surface area (Å²) >= 11 is 0. The molecule has 0 fully saturated rings. The molecule has 3 rings (SSSR count). The van der Waals surface area contributed by atoms with Crippen LogP contribution in [0.3, 0.4) is 0 Å². The molecule has 0 aliphatic carbocycles. The van der Waals surface area contributed by atoms with E-state index in [0.717, 1.165) is 11.1 Å². The van der Waals surface area contributed by atoms with Gasteiger partial charge in [-0.3, -0.25) is 9.59 Å². The molecule has 0 aliphatic heterocycles. The number of aryl methyl sites for hydroxylation is 2. The van der Waals surface area contributed by atoms with Crippen molar-refractivity contribution in [2.45, 2.75) is 39.4 Å². The van der Waals surface area contributed by atoms with Gasteiger partial charge in [0.05, 0.1) is 18.3 Å². The van der Waals surface area contributed by atoms with Gasteiger partial charge in [0.2, 0.25) is 0 Å². The highest BCUT2D eigenvalue weighted by Gasteiger charge is 2.20.